The van der Waals surface area contributed by atoms with Gasteiger partial charge in [0.25, 0.3) is 0 Å². The van der Waals surface area contributed by atoms with Gasteiger partial charge in [-0.2, -0.15) is 0 Å². The molecule has 1 N–H and O–H groups in total. The molecule has 0 aromatic rings. The van der Waals surface area contributed by atoms with Crippen LogP contribution in [0.1, 0.15) is 32.1 Å². The number of carbonyl (C=O) groups is 1. The minimum atomic E-state index is -0.494. The number of hydrogen-bond acceptors (Lipinski definition) is 5. The van der Waals surface area contributed by atoms with E-state index in [4.69, 9.17) is 4.74 Å². The molecule has 3 rings (SSSR count). The third-order valence-corrected chi connectivity index (χ3v) is 5.66. The highest BCUT2D eigenvalue weighted by Gasteiger charge is 2.52. The first-order valence-corrected chi connectivity index (χ1v) is 8.43. The number of likely N-dealkylation sites (N-methyl/N-ethyl adjacent to an activating group) is 1. The van der Waals surface area contributed by atoms with Crippen LogP contribution in [0.4, 0.5) is 0 Å². The van der Waals surface area contributed by atoms with Crippen LogP contribution >= 0.6 is 0 Å². The van der Waals surface area contributed by atoms with E-state index in [9.17, 15) is 4.79 Å². The number of methoxy groups -OCH3 is 1. The van der Waals surface area contributed by atoms with Crippen molar-refractivity contribution in [2.24, 2.45) is 5.92 Å². The Morgan fingerprint density at radius 3 is 2.71 bits per heavy atom. The van der Waals surface area contributed by atoms with Crippen LogP contribution in [0.2, 0.25) is 0 Å². The first-order chi connectivity index (χ1) is 10.2. The second kappa shape index (κ2) is 6.23. The van der Waals surface area contributed by atoms with Gasteiger partial charge in [-0.25, -0.2) is 4.79 Å². The van der Waals surface area contributed by atoms with Crippen LogP contribution in [0.5, 0.6) is 0 Å². The topological polar surface area (TPSA) is 44.8 Å². The average Bonchev–Trinajstić information content (AvgIpc) is 3.37. The molecule has 2 aliphatic heterocycles. The predicted molar refractivity (Wildman–Crippen MR) is 82.2 cm³/mol. The van der Waals surface area contributed by atoms with E-state index in [1.165, 1.54) is 32.9 Å². The lowest BCUT2D eigenvalue weighted by atomic mass is 9.91. The van der Waals surface area contributed by atoms with Gasteiger partial charge in [-0.05, 0) is 45.2 Å². The normalized spacial score (nSPS) is 30.5. The van der Waals surface area contributed by atoms with Crippen molar-refractivity contribution < 1.29 is 9.53 Å². The van der Waals surface area contributed by atoms with Gasteiger partial charge in [0, 0.05) is 32.2 Å². The Kier molecular flexibility index (Phi) is 4.52. The molecule has 0 aromatic heterocycles. The van der Waals surface area contributed by atoms with Gasteiger partial charge in [-0.1, -0.05) is 6.42 Å². The lowest BCUT2D eigenvalue weighted by Crippen LogP contribution is -2.64. The molecule has 2 unspecified atom stereocenters. The zero-order chi connectivity index (χ0) is 14.9. The van der Waals surface area contributed by atoms with Crippen LogP contribution in [0.25, 0.3) is 0 Å². The lowest BCUT2D eigenvalue weighted by molar-refractivity contribution is -0.151. The van der Waals surface area contributed by atoms with E-state index in [1.807, 2.05) is 7.05 Å². The van der Waals surface area contributed by atoms with E-state index in [0.717, 1.165) is 39.0 Å². The highest BCUT2D eigenvalue weighted by Crippen LogP contribution is 2.41. The maximum absolute atomic E-state index is 12.4. The summed E-state index contributed by atoms with van der Waals surface area (Å²) in [6, 6.07) is 0.693. The van der Waals surface area contributed by atoms with Crippen LogP contribution in [-0.4, -0.2) is 74.2 Å². The molecular formula is C16H29N3O2. The SMILES string of the molecule is CNC(CN1CCN2CCCCC2C1)(C(=O)OC)C1CC1. The molecule has 1 saturated carbocycles. The molecular weight excluding hydrogens is 266 g/mol. The second-order valence-corrected chi connectivity index (χ2v) is 6.91. The van der Waals surface area contributed by atoms with Crippen LogP contribution in [0.15, 0.2) is 0 Å². The fourth-order valence-electron chi connectivity index (χ4n) is 4.22. The van der Waals surface area contributed by atoms with Gasteiger partial charge in [0.2, 0.25) is 0 Å². The number of ether oxygens (including phenoxy) is 1. The number of piperazine rings is 1. The summed E-state index contributed by atoms with van der Waals surface area (Å²) in [5, 5.41) is 3.32. The van der Waals surface area contributed by atoms with Gasteiger partial charge in [-0.15, -0.1) is 0 Å². The molecule has 5 nitrogen and oxygen atoms in total. The Morgan fingerprint density at radius 1 is 1.24 bits per heavy atom. The fraction of sp³-hybridized carbons (Fsp3) is 0.938. The molecule has 0 radical (unpaired) electrons. The third-order valence-electron chi connectivity index (χ3n) is 5.66. The number of hydrogen-bond donors (Lipinski definition) is 1. The molecule has 5 heteroatoms. The molecule has 0 bridgehead atoms. The molecule has 0 amide bonds. The van der Waals surface area contributed by atoms with Gasteiger partial charge in [0.15, 0.2) is 0 Å². The number of carbonyl (C=O) groups excluding carboxylic acids is 1. The molecule has 2 atom stereocenters. The van der Waals surface area contributed by atoms with Crippen molar-refractivity contribution in [1.82, 2.24) is 15.1 Å². The zero-order valence-corrected chi connectivity index (χ0v) is 13.4. The summed E-state index contributed by atoms with van der Waals surface area (Å²) in [5.74, 6) is 0.359. The third kappa shape index (κ3) is 2.96. The van der Waals surface area contributed by atoms with Gasteiger partial charge in [-0.3, -0.25) is 9.80 Å². The van der Waals surface area contributed by atoms with Crippen LogP contribution in [0, 0.1) is 5.92 Å². The van der Waals surface area contributed by atoms with Crippen molar-refractivity contribution >= 4 is 5.97 Å². The molecule has 120 valence electrons. The number of fused-ring (bicyclic) bond motifs is 1. The Hall–Kier alpha value is -0.650. The molecule has 2 saturated heterocycles. The molecule has 1 aliphatic carbocycles. The van der Waals surface area contributed by atoms with Crippen LogP contribution in [0.3, 0.4) is 0 Å². The van der Waals surface area contributed by atoms with Crippen molar-refractivity contribution in [1.29, 1.82) is 0 Å². The molecule has 3 aliphatic rings. The summed E-state index contributed by atoms with van der Waals surface area (Å²) in [6.45, 7) is 5.38. The smallest absolute Gasteiger partial charge is 0.327 e. The average molecular weight is 295 g/mol. The molecule has 21 heavy (non-hydrogen) atoms. The van der Waals surface area contributed by atoms with Crippen molar-refractivity contribution in [3.63, 3.8) is 0 Å². The Labute approximate surface area is 128 Å². The second-order valence-electron chi connectivity index (χ2n) is 6.91. The number of nitrogens with one attached hydrogen (secondary N) is 1. The van der Waals surface area contributed by atoms with Gasteiger partial charge >= 0.3 is 5.97 Å². The van der Waals surface area contributed by atoms with Crippen molar-refractivity contribution in [2.75, 3.05) is 46.9 Å². The monoisotopic (exact) mass is 295 g/mol. The summed E-state index contributed by atoms with van der Waals surface area (Å²) >= 11 is 0. The molecule has 2 heterocycles. The van der Waals surface area contributed by atoms with E-state index in [0.29, 0.717) is 12.0 Å². The summed E-state index contributed by atoms with van der Waals surface area (Å²) < 4.78 is 5.12. The fourth-order valence-corrected chi connectivity index (χ4v) is 4.22. The maximum Gasteiger partial charge on any atom is 0.327 e. The summed E-state index contributed by atoms with van der Waals surface area (Å²) in [4.78, 5) is 17.5. The van der Waals surface area contributed by atoms with E-state index in [-0.39, 0.29) is 5.97 Å². The minimum absolute atomic E-state index is 0.0847. The van der Waals surface area contributed by atoms with Gasteiger partial charge < -0.3 is 10.1 Å². The lowest BCUT2D eigenvalue weighted by Gasteiger charge is -2.46. The number of piperidine rings is 1. The quantitative estimate of drug-likeness (QED) is 0.757. The van der Waals surface area contributed by atoms with E-state index < -0.39 is 5.54 Å². The summed E-state index contributed by atoms with van der Waals surface area (Å²) in [7, 11) is 3.42. The minimum Gasteiger partial charge on any atom is -0.468 e. The first kappa shape index (κ1) is 15.3. The highest BCUT2D eigenvalue weighted by atomic mass is 16.5. The molecule has 3 fully saturated rings. The zero-order valence-electron chi connectivity index (χ0n) is 13.4. The van der Waals surface area contributed by atoms with E-state index in [1.54, 1.807) is 0 Å². The van der Waals surface area contributed by atoms with E-state index >= 15 is 0 Å². The number of nitrogens with zero attached hydrogens (tertiary/aromatic N) is 2. The predicted octanol–water partition coefficient (Wildman–Crippen LogP) is 0.698. The van der Waals surface area contributed by atoms with Gasteiger partial charge in [0.05, 0.1) is 7.11 Å². The molecule has 0 spiro atoms. The Bertz CT molecular complexity index is 386. The van der Waals surface area contributed by atoms with Crippen LogP contribution in [-0.2, 0) is 9.53 Å². The van der Waals surface area contributed by atoms with Crippen molar-refractivity contribution in [2.45, 2.75) is 43.7 Å². The van der Waals surface area contributed by atoms with E-state index in [2.05, 4.69) is 15.1 Å². The van der Waals surface area contributed by atoms with Crippen molar-refractivity contribution in [3.05, 3.63) is 0 Å². The number of esters is 1. The standard InChI is InChI=1S/C16H29N3O2/c1-17-16(13-6-7-13,15(20)21-2)12-18-9-10-19-8-4-3-5-14(19)11-18/h13-14,17H,3-12H2,1-2H3. The van der Waals surface area contributed by atoms with Crippen LogP contribution < -0.4 is 5.32 Å². The number of rotatable bonds is 5. The van der Waals surface area contributed by atoms with Crippen molar-refractivity contribution in [3.8, 4) is 0 Å². The Balaban J connectivity index is 1.67. The molecule has 0 aromatic carbocycles. The Morgan fingerprint density at radius 2 is 2.05 bits per heavy atom. The van der Waals surface area contributed by atoms with Gasteiger partial charge in [0.1, 0.15) is 5.54 Å². The highest BCUT2D eigenvalue weighted by molar-refractivity contribution is 5.82. The summed E-state index contributed by atoms with van der Waals surface area (Å²) in [6.07, 6.45) is 6.29. The maximum atomic E-state index is 12.4. The first-order valence-electron chi connectivity index (χ1n) is 8.43. The summed E-state index contributed by atoms with van der Waals surface area (Å²) in [5.41, 5.74) is -0.494. The largest absolute Gasteiger partial charge is 0.468 e.